The summed E-state index contributed by atoms with van der Waals surface area (Å²) in [7, 11) is 0. The van der Waals surface area contributed by atoms with Gasteiger partial charge >= 0.3 is 0 Å². The number of nitrogens with zero attached hydrogens (tertiary/aromatic N) is 2. The van der Waals surface area contributed by atoms with E-state index < -0.39 is 0 Å². The Balaban J connectivity index is 1.63. The highest BCUT2D eigenvalue weighted by Gasteiger charge is 2.27. The largest absolute Gasteiger partial charge is 0.454 e. The summed E-state index contributed by atoms with van der Waals surface area (Å²) >= 11 is 0. The lowest BCUT2D eigenvalue weighted by atomic mass is 10.0. The Labute approximate surface area is 136 Å². The Bertz CT molecular complexity index is 627. The molecule has 0 radical (unpaired) electrons. The second-order valence-electron chi connectivity index (χ2n) is 6.07. The molecule has 0 unspecified atom stereocenters. The normalized spacial score (nSPS) is 18.8. The highest BCUT2D eigenvalue weighted by Crippen LogP contribution is 2.33. The van der Waals surface area contributed by atoms with E-state index in [0.717, 1.165) is 22.8 Å². The molecule has 6 nitrogen and oxygen atoms in total. The van der Waals surface area contributed by atoms with Gasteiger partial charge in [0.1, 0.15) is 0 Å². The van der Waals surface area contributed by atoms with Crippen molar-refractivity contribution in [3.05, 3.63) is 23.8 Å². The second-order valence-corrected chi connectivity index (χ2v) is 6.07. The van der Waals surface area contributed by atoms with Crippen molar-refractivity contribution < 1.29 is 19.1 Å². The number of likely N-dealkylation sites (N-methyl/N-ethyl adjacent to an activating group) is 1. The van der Waals surface area contributed by atoms with Gasteiger partial charge in [-0.1, -0.05) is 19.0 Å². The zero-order valence-electron chi connectivity index (χ0n) is 13.7. The highest BCUT2D eigenvalue weighted by molar-refractivity contribution is 6.01. The van der Waals surface area contributed by atoms with E-state index in [2.05, 4.69) is 5.16 Å². The fraction of sp³-hybridized carbons (Fsp3) is 0.529. The fourth-order valence-corrected chi connectivity index (χ4v) is 2.76. The van der Waals surface area contributed by atoms with E-state index >= 15 is 0 Å². The molecular weight excluding hydrogens is 296 g/mol. The molecule has 1 amide bonds. The molecule has 0 saturated heterocycles. The molecule has 0 bridgehead atoms. The zero-order valence-corrected chi connectivity index (χ0v) is 13.7. The third-order valence-corrected chi connectivity index (χ3v) is 4.05. The van der Waals surface area contributed by atoms with Crippen molar-refractivity contribution in [1.29, 1.82) is 0 Å². The van der Waals surface area contributed by atoms with Gasteiger partial charge in [-0.05, 0) is 25.1 Å². The molecule has 0 aromatic heterocycles. The summed E-state index contributed by atoms with van der Waals surface area (Å²) in [5.41, 5.74) is 1.84. The van der Waals surface area contributed by atoms with E-state index in [1.807, 2.05) is 43.9 Å². The van der Waals surface area contributed by atoms with Crippen LogP contribution in [-0.4, -0.2) is 42.5 Å². The molecule has 0 N–H and O–H groups in total. The van der Waals surface area contributed by atoms with Crippen LogP contribution >= 0.6 is 0 Å². The minimum absolute atomic E-state index is 0.00870. The molecule has 1 atom stereocenters. The Morgan fingerprint density at radius 1 is 1.35 bits per heavy atom. The molecule has 1 aromatic carbocycles. The number of hydrogen-bond acceptors (Lipinski definition) is 5. The highest BCUT2D eigenvalue weighted by atomic mass is 16.7. The average Bonchev–Trinajstić information content (AvgIpc) is 3.19. The van der Waals surface area contributed by atoms with Crippen LogP contribution in [0.4, 0.5) is 0 Å². The molecule has 6 heteroatoms. The number of oxime groups is 1. The standard InChI is InChI=1S/C17H22N2O4/c1-4-19(17(20)11(2)3)9-13-8-14(18-23-13)12-5-6-15-16(7-12)22-10-21-15/h5-7,11,13H,4,8-10H2,1-3H3/t13-/m1/s1. The fourth-order valence-electron chi connectivity index (χ4n) is 2.76. The number of carbonyl (C=O) groups excluding carboxylic acids is 1. The Hall–Kier alpha value is -2.24. The van der Waals surface area contributed by atoms with Crippen LogP contribution < -0.4 is 9.47 Å². The zero-order chi connectivity index (χ0) is 16.4. The third-order valence-electron chi connectivity index (χ3n) is 4.05. The van der Waals surface area contributed by atoms with Crippen LogP contribution in [0.25, 0.3) is 0 Å². The number of carbonyl (C=O) groups is 1. The summed E-state index contributed by atoms with van der Waals surface area (Å²) in [6.45, 7) is 7.30. The van der Waals surface area contributed by atoms with Gasteiger partial charge < -0.3 is 19.2 Å². The number of hydrogen-bond donors (Lipinski definition) is 0. The monoisotopic (exact) mass is 318 g/mol. The number of benzene rings is 1. The first-order valence-electron chi connectivity index (χ1n) is 8.00. The van der Waals surface area contributed by atoms with E-state index in [1.54, 1.807) is 0 Å². The average molecular weight is 318 g/mol. The Kier molecular flexibility index (Phi) is 4.41. The van der Waals surface area contributed by atoms with Gasteiger partial charge in [-0.15, -0.1) is 0 Å². The lowest BCUT2D eigenvalue weighted by molar-refractivity contribution is -0.136. The summed E-state index contributed by atoms with van der Waals surface area (Å²) < 4.78 is 10.7. The molecule has 0 saturated carbocycles. The van der Waals surface area contributed by atoms with Gasteiger partial charge in [-0.3, -0.25) is 4.79 Å². The second kappa shape index (κ2) is 6.48. The molecule has 1 aromatic rings. The molecule has 0 spiro atoms. The van der Waals surface area contributed by atoms with Crippen LogP contribution in [-0.2, 0) is 9.63 Å². The maximum absolute atomic E-state index is 12.1. The van der Waals surface area contributed by atoms with Crippen LogP contribution in [0.5, 0.6) is 11.5 Å². The smallest absolute Gasteiger partial charge is 0.231 e. The quantitative estimate of drug-likeness (QED) is 0.836. The molecule has 2 aliphatic heterocycles. The minimum atomic E-state index is -0.0990. The van der Waals surface area contributed by atoms with E-state index in [-0.39, 0.29) is 24.7 Å². The summed E-state index contributed by atoms with van der Waals surface area (Å²) in [4.78, 5) is 19.5. The molecular formula is C17H22N2O4. The molecule has 2 aliphatic rings. The van der Waals surface area contributed by atoms with Crippen LogP contribution in [0, 0.1) is 5.92 Å². The predicted octanol–water partition coefficient (Wildman–Crippen LogP) is 2.41. The number of amides is 1. The SMILES string of the molecule is CCN(C[C@H]1CC(c2ccc3c(c2)OCO3)=NO1)C(=O)C(C)C. The van der Waals surface area contributed by atoms with Crippen molar-refractivity contribution in [3.63, 3.8) is 0 Å². The minimum Gasteiger partial charge on any atom is -0.454 e. The number of ether oxygens (including phenoxy) is 2. The van der Waals surface area contributed by atoms with Gasteiger partial charge in [-0.2, -0.15) is 0 Å². The lowest BCUT2D eigenvalue weighted by Crippen LogP contribution is -2.39. The van der Waals surface area contributed by atoms with Gasteiger partial charge in [0.25, 0.3) is 0 Å². The third kappa shape index (κ3) is 3.25. The van der Waals surface area contributed by atoms with Gasteiger partial charge in [0, 0.05) is 24.4 Å². The summed E-state index contributed by atoms with van der Waals surface area (Å²) in [6, 6.07) is 5.76. The number of rotatable bonds is 5. The van der Waals surface area contributed by atoms with E-state index in [1.165, 1.54) is 0 Å². The first kappa shape index (κ1) is 15.6. The first-order chi connectivity index (χ1) is 11.1. The lowest BCUT2D eigenvalue weighted by Gasteiger charge is -2.24. The van der Waals surface area contributed by atoms with Crippen molar-refractivity contribution in [3.8, 4) is 11.5 Å². The molecule has 124 valence electrons. The maximum atomic E-state index is 12.1. The van der Waals surface area contributed by atoms with Crippen LogP contribution in [0.15, 0.2) is 23.4 Å². The summed E-state index contributed by atoms with van der Waals surface area (Å²) in [6.07, 6.45) is 0.583. The van der Waals surface area contributed by atoms with Crippen molar-refractivity contribution in [2.45, 2.75) is 33.3 Å². The number of fused-ring (bicyclic) bond motifs is 1. The maximum Gasteiger partial charge on any atom is 0.231 e. The van der Waals surface area contributed by atoms with Gasteiger partial charge in [0.05, 0.1) is 12.3 Å². The molecule has 0 aliphatic carbocycles. The first-order valence-corrected chi connectivity index (χ1v) is 8.00. The van der Waals surface area contributed by atoms with Crippen molar-refractivity contribution >= 4 is 11.6 Å². The Morgan fingerprint density at radius 2 is 2.13 bits per heavy atom. The van der Waals surface area contributed by atoms with E-state index in [4.69, 9.17) is 14.3 Å². The summed E-state index contributed by atoms with van der Waals surface area (Å²) in [5.74, 6) is 1.63. The van der Waals surface area contributed by atoms with Crippen LogP contribution in [0.3, 0.4) is 0 Å². The van der Waals surface area contributed by atoms with Crippen molar-refractivity contribution in [2.24, 2.45) is 11.1 Å². The molecule has 0 fully saturated rings. The van der Waals surface area contributed by atoms with Crippen LogP contribution in [0.1, 0.15) is 32.8 Å². The van der Waals surface area contributed by atoms with E-state index in [0.29, 0.717) is 19.5 Å². The molecule has 23 heavy (non-hydrogen) atoms. The van der Waals surface area contributed by atoms with Crippen LogP contribution in [0.2, 0.25) is 0 Å². The van der Waals surface area contributed by atoms with E-state index in [9.17, 15) is 4.79 Å². The topological polar surface area (TPSA) is 60.4 Å². The van der Waals surface area contributed by atoms with Gasteiger partial charge in [-0.25, -0.2) is 0 Å². The van der Waals surface area contributed by atoms with Gasteiger partial charge in [0.15, 0.2) is 17.6 Å². The van der Waals surface area contributed by atoms with Gasteiger partial charge in [0.2, 0.25) is 12.7 Å². The van der Waals surface area contributed by atoms with Crippen molar-refractivity contribution in [1.82, 2.24) is 4.90 Å². The van der Waals surface area contributed by atoms with Crippen molar-refractivity contribution in [2.75, 3.05) is 19.9 Å². The molecule has 2 heterocycles. The summed E-state index contributed by atoms with van der Waals surface area (Å²) in [5, 5.41) is 4.19. The predicted molar refractivity (Wildman–Crippen MR) is 85.7 cm³/mol. The molecule has 3 rings (SSSR count). The Morgan fingerprint density at radius 3 is 2.87 bits per heavy atom.